The number of para-hydroxylation sites is 1. The number of carbonyl (C=O) groups is 2. The van der Waals surface area contributed by atoms with Crippen LogP contribution in [0.5, 0.6) is 0 Å². The van der Waals surface area contributed by atoms with Gasteiger partial charge in [0, 0.05) is 12.6 Å². The van der Waals surface area contributed by atoms with E-state index in [-0.39, 0.29) is 23.0 Å². The van der Waals surface area contributed by atoms with Crippen LogP contribution in [0.2, 0.25) is 0 Å². The highest BCUT2D eigenvalue weighted by Gasteiger charge is 2.26. The van der Waals surface area contributed by atoms with E-state index in [1.807, 2.05) is 36.4 Å². The highest BCUT2D eigenvalue weighted by Crippen LogP contribution is 2.22. The average Bonchev–Trinajstić information content (AvgIpc) is 3.33. The van der Waals surface area contributed by atoms with Gasteiger partial charge in [-0.3, -0.25) is 14.3 Å². The van der Waals surface area contributed by atoms with Crippen LogP contribution in [-0.2, 0) is 16.6 Å². The molecular weight excluding hydrogens is 436 g/mol. The van der Waals surface area contributed by atoms with Gasteiger partial charge >= 0.3 is 5.97 Å². The van der Waals surface area contributed by atoms with E-state index < -0.39 is 23.5 Å². The molecule has 0 aliphatic heterocycles. The zero-order chi connectivity index (χ0) is 24.4. The van der Waals surface area contributed by atoms with E-state index in [1.165, 1.54) is 11.6 Å². The van der Waals surface area contributed by atoms with Crippen LogP contribution in [0.15, 0.2) is 69.9 Å². The van der Waals surface area contributed by atoms with Crippen LogP contribution >= 0.6 is 0 Å². The maximum atomic E-state index is 13.0. The molecule has 1 amide bonds. The fraction of sp³-hybridized carbons (Fsp3) is 0.200. The number of nitrogens with zero attached hydrogens (tertiary/aromatic N) is 3. The highest BCUT2D eigenvalue weighted by atomic mass is 16.5. The normalized spacial score (nSPS) is 11.8. The molecule has 1 N–H and O–H groups in total. The molecule has 9 heteroatoms. The first-order valence-electron chi connectivity index (χ1n) is 10.7. The molecule has 9 nitrogen and oxygen atoms in total. The molecule has 2 aromatic heterocycles. The summed E-state index contributed by atoms with van der Waals surface area (Å²) in [7, 11) is 1.72. The number of anilines is 1. The summed E-state index contributed by atoms with van der Waals surface area (Å²) in [5.74, 6) is -0.869. The second kappa shape index (κ2) is 9.22. The molecule has 1 atom stereocenters. The van der Waals surface area contributed by atoms with Crippen LogP contribution in [0.1, 0.15) is 28.9 Å². The van der Waals surface area contributed by atoms with E-state index in [1.54, 1.807) is 49.8 Å². The van der Waals surface area contributed by atoms with Crippen LogP contribution in [0.4, 0.5) is 5.69 Å². The van der Waals surface area contributed by atoms with Gasteiger partial charge in [-0.25, -0.2) is 14.5 Å². The zero-order valence-electron chi connectivity index (χ0n) is 19.2. The summed E-state index contributed by atoms with van der Waals surface area (Å²) in [4.78, 5) is 42.6. The molecule has 0 saturated heterocycles. The van der Waals surface area contributed by atoms with Crippen LogP contribution < -0.4 is 10.9 Å². The van der Waals surface area contributed by atoms with Gasteiger partial charge in [0.15, 0.2) is 11.8 Å². The molecule has 0 aliphatic rings. The van der Waals surface area contributed by atoms with Gasteiger partial charge in [0.1, 0.15) is 11.4 Å². The Kier molecular flexibility index (Phi) is 6.18. The van der Waals surface area contributed by atoms with Crippen LogP contribution in [0, 0.1) is 13.8 Å². The Morgan fingerprint density at radius 1 is 1.03 bits per heavy atom. The lowest BCUT2D eigenvalue weighted by molar-refractivity contribution is -0.123. The SMILES string of the molecule is Cc1oc(-c2ccccc2)nc1C(=O)O[C@@H](C)C(=O)Nc1c(C)n(C)n(-c2ccccc2)c1=O. The fourth-order valence-electron chi connectivity index (χ4n) is 3.50. The third kappa shape index (κ3) is 4.27. The first kappa shape index (κ1) is 22.8. The lowest BCUT2D eigenvalue weighted by atomic mass is 10.2. The van der Waals surface area contributed by atoms with Crippen molar-refractivity contribution in [2.75, 3.05) is 5.32 Å². The molecule has 0 saturated carbocycles. The molecular formula is C25H24N4O5. The number of benzene rings is 2. The van der Waals surface area contributed by atoms with Crippen molar-refractivity contribution in [2.45, 2.75) is 26.9 Å². The Balaban J connectivity index is 1.50. The second-order valence-electron chi connectivity index (χ2n) is 7.76. The number of hydrogen-bond donors (Lipinski definition) is 1. The minimum absolute atomic E-state index is 0.0131. The number of ether oxygens (including phenoxy) is 1. The minimum Gasteiger partial charge on any atom is -0.448 e. The summed E-state index contributed by atoms with van der Waals surface area (Å²) in [6.07, 6.45) is -1.17. The van der Waals surface area contributed by atoms with Crippen molar-refractivity contribution in [1.29, 1.82) is 0 Å². The molecule has 0 fully saturated rings. The fourth-order valence-corrected chi connectivity index (χ4v) is 3.50. The maximum Gasteiger partial charge on any atom is 0.361 e. The Morgan fingerprint density at radius 3 is 2.29 bits per heavy atom. The first-order chi connectivity index (χ1) is 16.3. The highest BCUT2D eigenvalue weighted by molar-refractivity contribution is 5.97. The van der Waals surface area contributed by atoms with E-state index in [9.17, 15) is 14.4 Å². The van der Waals surface area contributed by atoms with E-state index in [0.29, 0.717) is 16.9 Å². The van der Waals surface area contributed by atoms with Gasteiger partial charge in [-0.05, 0) is 45.0 Å². The Morgan fingerprint density at radius 2 is 1.65 bits per heavy atom. The van der Waals surface area contributed by atoms with Crippen molar-refractivity contribution in [1.82, 2.24) is 14.3 Å². The lowest BCUT2D eigenvalue weighted by Gasteiger charge is -2.12. The number of aromatic nitrogens is 3. The van der Waals surface area contributed by atoms with E-state index in [4.69, 9.17) is 9.15 Å². The lowest BCUT2D eigenvalue weighted by Crippen LogP contribution is -2.32. The van der Waals surface area contributed by atoms with Crippen molar-refractivity contribution < 1.29 is 18.7 Å². The molecule has 0 unspecified atom stereocenters. The van der Waals surface area contributed by atoms with Gasteiger partial charge in [0.2, 0.25) is 5.89 Å². The maximum absolute atomic E-state index is 13.0. The molecule has 0 aliphatic carbocycles. The molecule has 0 spiro atoms. The standard InChI is InChI=1S/C25H24N4O5/c1-15-20(24(31)29(28(15)4)19-13-9-6-10-14-19)26-22(30)17(3)34-25(32)21-16(2)33-23(27-21)18-11-7-5-8-12-18/h5-14,17H,1-4H3,(H,26,30)/t17-/m0/s1. The molecule has 174 valence electrons. The number of hydrogen-bond acceptors (Lipinski definition) is 6. The number of nitrogens with one attached hydrogen (secondary N) is 1. The van der Waals surface area contributed by atoms with Crippen molar-refractivity contribution in [3.05, 3.63) is 88.2 Å². The minimum atomic E-state index is -1.17. The van der Waals surface area contributed by atoms with Crippen molar-refractivity contribution in [3.63, 3.8) is 0 Å². The van der Waals surface area contributed by atoms with Crippen LogP contribution in [0.3, 0.4) is 0 Å². The molecule has 2 heterocycles. The predicted molar refractivity (Wildman–Crippen MR) is 126 cm³/mol. The molecule has 0 bridgehead atoms. The Labute approximate surface area is 195 Å². The zero-order valence-corrected chi connectivity index (χ0v) is 19.2. The molecule has 0 radical (unpaired) electrons. The van der Waals surface area contributed by atoms with Gasteiger partial charge < -0.3 is 14.5 Å². The average molecular weight is 460 g/mol. The topological polar surface area (TPSA) is 108 Å². The Bertz CT molecular complexity index is 1400. The third-order valence-electron chi connectivity index (χ3n) is 5.47. The summed E-state index contributed by atoms with van der Waals surface area (Å²) in [6.45, 7) is 4.74. The third-order valence-corrected chi connectivity index (χ3v) is 5.47. The van der Waals surface area contributed by atoms with Crippen molar-refractivity contribution in [2.24, 2.45) is 7.05 Å². The molecule has 34 heavy (non-hydrogen) atoms. The quantitative estimate of drug-likeness (QED) is 0.440. The summed E-state index contributed by atoms with van der Waals surface area (Å²) < 4.78 is 14.0. The van der Waals surface area contributed by atoms with E-state index in [2.05, 4.69) is 10.3 Å². The number of rotatable bonds is 6. The number of aryl methyl sites for hydroxylation is 1. The van der Waals surface area contributed by atoms with Crippen LogP contribution in [0.25, 0.3) is 17.1 Å². The number of carbonyl (C=O) groups excluding carboxylic acids is 2. The van der Waals surface area contributed by atoms with Crippen molar-refractivity contribution in [3.8, 4) is 17.1 Å². The second-order valence-corrected chi connectivity index (χ2v) is 7.76. The van der Waals surface area contributed by atoms with E-state index in [0.717, 1.165) is 0 Å². The summed E-state index contributed by atoms with van der Waals surface area (Å²) in [5, 5.41) is 2.60. The van der Waals surface area contributed by atoms with Gasteiger partial charge in [-0.2, -0.15) is 0 Å². The Hall–Kier alpha value is -4.40. The predicted octanol–water partition coefficient (Wildman–Crippen LogP) is 3.63. The molecule has 2 aromatic carbocycles. The summed E-state index contributed by atoms with van der Waals surface area (Å²) in [5.41, 5.74) is 1.64. The van der Waals surface area contributed by atoms with Crippen molar-refractivity contribution >= 4 is 17.6 Å². The molecule has 4 aromatic rings. The van der Waals surface area contributed by atoms with Crippen LogP contribution in [-0.4, -0.2) is 32.3 Å². The number of amides is 1. The summed E-state index contributed by atoms with van der Waals surface area (Å²) in [6, 6.07) is 18.2. The summed E-state index contributed by atoms with van der Waals surface area (Å²) >= 11 is 0. The number of oxazole rings is 1. The first-order valence-corrected chi connectivity index (χ1v) is 10.7. The number of esters is 1. The van der Waals surface area contributed by atoms with Gasteiger partial charge in [0.25, 0.3) is 11.5 Å². The monoisotopic (exact) mass is 460 g/mol. The van der Waals surface area contributed by atoms with Gasteiger partial charge in [-0.1, -0.05) is 36.4 Å². The molecule has 4 rings (SSSR count). The van der Waals surface area contributed by atoms with E-state index >= 15 is 0 Å². The largest absolute Gasteiger partial charge is 0.448 e. The smallest absolute Gasteiger partial charge is 0.361 e. The van der Waals surface area contributed by atoms with Gasteiger partial charge in [-0.15, -0.1) is 0 Å². The van der Waals surface area contributed by atoms with Gasteiger partial charge in [0.05, 0.1) is 11.4 Å².